The molecule has 0 fully saturated rings. The molecule has 0 aliphatic rings. The number of hydrogen-bond acceptors (Lipinski definition) is 5. The highest BCUT2D eigenvalue weighted by Crippen LogP contribution is 2.35. The Morgan fingerprint density at radius 1 is 0.396 bits per heavy atom. The first-order valence-electron chi connectivity index (χ1n) is 15.1. The van der Waals surface area contributed by atoms with Gasteiger partial charge in [-0.15, -0.1) is 0 Å². The van der Waals surface area contributed by atoms with Gasteiger partial charge in [0.05, 0.1) is 46.9 Å². The molecule has 0 aliphatic carbocycles. The molecular formula is C42H24N6. The molecule has 0 saturated carbocycles. The fourth-order valence-electron chi connectivity index (χ4n) is 5.59. The van der Waals surface area contributed by atoms with Crippen LogP contribution in [-0.4, -0.2) is 15.0 Å². The van der Waals surface area contributed by atoms with Crippen molar-refractivity contribution >= 4 is 5.69 Å². The molecule has 0 spiro atoms. The Hall–Kier alpha value is -7.20. The van der Waals surface area contributed by atoms with Crippen LogP contribution in [0.4, 0.5) is 5.69 Å². The number of rotatable bonds is 6. The van der Waals surface area contributed by atoms with E-state index in [0.717, 1.165) is 67.2 Å². The van der Waals surface area contributed by atoms with Gasteiger partial charge in [0.2, 0.25) is 0 Å². The summed E-state index contributed by atoms with van der Waals surface area (Å²) in [7, 11) is 0. The summed E-state index contributed by atoms with van der Waals surface area (Å²) in [5.41, 5.74) is 13.1. The molecule has 48 heavy (non-hydrogen) atoms. The maximum atomic E-state index is 9.32. The van der Waals surface area contributed by atoms with E-state index in [1.165, 1.54) is 0 Å². The lowest BCUT2D eigenvalue weighted by atomic mass is 9.92. The first kappa shape index (κ1) is 29.5. The topological polar surface area (TPSA) is 90.6 Å². The molecule has 222 valence electrons. The lowest BCUT2D eigenvalue weighted by Crippen LogP contribution is -1.89. The molecule has 6 nitrogen and oxygen atoms in total. The van der Waals surface area contributed by atoms with Gasteiger partial charge in [-0.25, -0.2) is 4.85 Å². The standard InChI is InChI=1S/C42H24N6/c1-45-39-16-19-48-42(25-39)35-12-6-32(7-13-35)38-23-36(30-2-8-33(9-3-30)40-20-28(26-43)14-17-46-40)22-37(24-38)31-4-10-34(11-5-31)41-21-29(27-44)15-18-47-41/h2-25H. The van der Waals surface area contributed by atoms with Crippen molar-refractivity contribution in [3.05, 3.63) is 169 Å². The summed E-state index contributed by atoms with van der Waals surface area (Å²) >= 11 is 0. The minimum atomic E-state index is 0.556. The number of nitriles is 2. The molecule has 4 aromatic carbocycles. The molecule has 7 aromatic rings. The molecule has 7 rings (SSSR count). The van der Waals surface area contributed by atoms with E-state index in [1.54, 1.807) is 55.0 Å². The van der Waals surface area contributed by atoms with Gasteiger partial charge in [0.15, 0.2) is 5.69 Å². The summed E-state index contributed by atoms with van der Waals surface area (Å²) in [6.07, 6.45) is 4.97. The summed E-state index contributed by atoms with van der Waals surface area (Å²) < 4.78 is 0. The quantitative estimate of drug-likeness (QED) is 0.174. The molecule has 0 atom stereocenters. The van der Waals surface area contributed by atoms with Gasteiger partial charge >= 0.3 is 0 Å². The van der Waals surface area contributed by atoms with E-state index in [4.69, 9.17) is 6.57 Å². The highest BCUT2D eigenvalue weighted by molar-refractivity contribution is 5.83. The summed E-state index contributed by atoms with van der Waals surface area (Å²) in [6, 6.07) is 46.1. The van der Waals surface area contributed by atoms with Crippen LogP contribution < -0.4 is 0 Å². The maximum absolute atomic E-state index is 9.32. The van der Waals surface area contributed by atoms with Gasteiger partial charge in [0.1, 0.15) is 0 Å². The molecule has 0 amide bonds. The second kappa shape index (κ2) is 13.0. The molecule has 0 saturated heterocycles. The highest BCUT2D eigenvalue weighted by Gasteiger charge is 2.11. The summed E-state index contributed by atoms with van der Waals surface area (Å²) in [5, 5.41) is 18.6. The third-order valence-electron chi connectivity index (χ3n) is 8.13. The normalized spacial score (nSPS) is 10.4. The molecule has 0 radical (unpaired) electrons. The Morgan fingerprint density at radius 2 is 0.729 bits per heavy atom. The molecule has 3 aromatic heterocycles. The van der Waals surface area contributed by atoms with Crippen molar-refractivity contribution in [2.24, 2.45) is 0 Å². The van der Waals surface area contributed by atoms with E-state index < -0.39 is 0 Å². The van der Waals surface area contributed by atoms with Crippen molar-refractivity contribution in [1.29, 1.82) is 10.5 Å². The van der Waals surface area contributed by atoms with Crippen molar-refractivity contribution in [2.75, 3.05) is 0 Å². The lowest BCUT2D eigenvalue weighted by Gasteiger charge is -2.13. The van der Waals surface area contributed by atoms with Gasteiger partial charge in [-0.3, -0.25) is 15.0 Å². The van der Waals surface area contributed by atoms with Crippen LogP contribution in [0.15, 0.2) is 146 Å². The van der Waals surface area contributed by atoms with E-state index in [0.29, 0.717) is 16.8 Å². The fraction of sp³-hybridized carbons (Fsp3) is 0. The predicted octanol–water partition coefficient (Wildman–Crippen LogP) is 10.2. The van der Waals surface area contributed by atoms with Gasteiger partial charge < -0.3 is 0 Å². The Morgan fingerprint density at radius 3 is 1.08 bits per heavy atom. The van der Waals surface area contributed by atoms with Crippen LogP contribution in [-0.2, 0) is 0 Å². The Kier molecular flexibility index (Phi) is 8.01. The van der Waals surface area contributed by atoms with Crippen molar-refractivity contribution in [3.63, 3.8) is 0 Å². The third-order valence-corrected chi connectivity index (χ3v) is 8.13. The minimum absolute atomic E-state index is 0.556. The van der Waals surface area contributed by atoms with Gasteiger partial charge in [-0.2, -0.15) is 10.5 Å². The van der Waals surface area contributed by atoms with E-state index in [-0.39, 0.29) is 0 Å². The molecule has 6 heteroatoms. The molecule has 0 unspecified atom stereocenters. The number of nitrogens with zero attached hydrogens (tertiary/aromatic N) is 6. The number of aromatic nitrogens is 3. The van der Waals surface area contributed by atoms with Crippen LogP contribution in [0, 0.1) is 29.2 Å². The number of hydrogen-bond donors (Lipinski definition) is 0. The Bertz CT molecular complexity index is 2120. The highest BCUT2D eigenvalue weighted by atomic mass is 14.7. The van der Waals surface area contributed by atoms with E-state index in [1.807, 2.05) is 36.4 Å². The fourth-order valence-corrected chi connectivity index (χ4v) is 5.59. The zero-order valence-electron chi connectivity index (χ0n) is 25.5. The average molecular weight is 613 g/mol. The first-order chi connectivity index (χ1) is 23.6. The molecule has 3 heterocycles. The van der Waals surface area contributed by atoms with Crippen molar-refractivity contribution in [3.8, 4) is 79.3 Å². The zero-order chi connectivity index (χ0) is 32.9. The van der Waals surface area contributed by atoms with Crippen molar-refractivity contribution < 1.29 is 0 Å². The van der Waals surface area contributed by atoms with Crippen LogP contribution >= 0.6 is 0 Å². The van der Waals surface area contributed by atoms with Crippen molar-refractivity contribution in [2.45, 2.75) is 0 Å². The molecular weight excluding hydrogens is 589 g/mol. The van der Waals surface area contributed by atoms with Crippen molar-refractivity contribution in [1.82, 2.24) is 15.0 Å². The van der Waals surface area contributed by atoms with E-state index in [9.17, 15) is 10.5 Å². The monoisotopic (exact) mass is 612 g/mol. The van der Waals surface area contributed by atoms with Gasteiger partial charge in [0, 0.05) is 29.7 Å². The van der Waals surface area contributed by atoms with Crippen LogP contribution in [0.2, 0.25) is 0 Å². The van der Waals surface area contributed by atoms with E-state index in [2.05, 4.69) is 86.5 Å². The molecule has 0 N–H and O–H groups in total. The summed E-state index contributed by atoms with van der Waals surface area (Å²) in [6.45, 7) is 7.34. The van der Waals surface area contributed by atoms with Gasteiger partial charge in [-0.05, 0) is 93.5 Å². The predicted molar refractivity (Wildman–Crippen MR) is 188 cm³/mol. The zero-order valence-corrected chi connectivity index (χ0v) is 25.5. The summed E-state index contributed by atoms with van der Waals surface area (Å²) in [5.74, 6) is 0. The Balaban J connectivity index is 1.28. The van der Waals surface area contributed by atoms with Gasteiger partial charge in [0.25, 0.3) is 0 Å². The third kappa shape index (κ3) is 6.17. The average Bonchev–Trinajstić information content (AvgIpc) is 3.18. The summed E-state index contributed by atoms with van der Waals surface area (Å²) in [4.78, 5) is 16.9. The van der Waals surface area contributed by atoms with Crippen LogP contribution in [0.3, 0.4) is 0 Å². The second-order valence-electron chi connectivity index (χ2n) is 11.1. The smallest absolute Gasteiger partial charge is 0.190 e. The lowest BCUT2D eigenvalue weighted by molar-refractivity contribution is 1.31. The number of pyridine rings is 3. The minimum Gasteiger partial charge on any atom is -0.259 e. The largest absolute Gasteiger partial charge is 0.259 e. The second-order valence-corrected chi connectivity index (χ2v) is 11.1. The molecule has 0 aliphatic heterocycles. The van der Waals surface area contributed by atoms with E-state index >= 15 is 0 Å². The van der Waals surface area contributed by atoms with Crippen LogP contribution in [0.25, 0.3) is 72.0 Å². The SMILES string of the molecule is [C-]#[N+]c1ccnc(-c2ccc(-c3cc(-c4ccc(-c5cc(C#N)ccn5)cc4)cc(-c4ccc(-c5cc(C#N)ccn5)cc4)c3)cc2)c1. The van der Waals surface area contributed by atoms with Gasteiger partial charge in [-0.1, -0.05) is 72.8 Å². The number of benzene rings is 4. The first-order valence-corrected chi connectivity index (χ1v) is 15.1. The van der Waals surface area contributed by atoms with Crippen LogP contribution in [0.5, 0.6) is 0 Å². The molecule has 0 bridgehead atoms. The Labute approximate surface area is 278 Å². The van der Waals surface area contributed by atoms with Crippen LogP contribution in [0.1, 0.15) is 11.1 Å². The maximum Gasteiger partial charge on any atom is 0.190 e.